The molecule has 1 aliphatic carbocycles. The summed E-state index contributed by atoms with van der Waals surface area (Å²) in [5.41, 5.74) is 4.98. The number of tetrazole rings is 1. The van der Waals surface area contributed by atoms with Crippen LogP contribution in [0.3, 0.4) is 0 Å². The Bertz CT molecular complexity index is 1250. The quantitative estimate of drug-likeness (QED) is 0.597. The third kappa shape index (κ3) is 4.04. The van der Waals surface area contributed by atoms with E-state index in [2.05, 4.69) is 65.9 Å². The highest BCUT2D eigenvalue weighted by Crippen LogP contribution is 2.41. The van der Waals surface area contributed by atoms with Gasteiger partial charge < -0.3 is 14.8 Å². The van der Waals surface area contributed by atoms with Gasteiger partial charge in [-0.2, -0.15) is 4.68 Å². The van der Waals surface area contributed by atoms with E-state index in [1.807, 2.05) is 18.2 Å². The van der Waals surface area contributed by atoms with Crippen LogP contribution in [0.25, 0.3) is 0 Å². The highest BCUT2D eigenvalue weighted by atomic mass is 16.5. The lowest BCUT2D eigenvalue weighted by Crippen LogP contribution is -2.31. The molecule has 1 aliphatic heterocycles. The van der Waals surface area contributed by atoms with Crippen molar-refractivity contribution in [2.24, 2.45) is 0 Å². The van der Waals surface area contributed by atoms with Crippen molar-refractivity contribution in [2.45, 2.75) is 58.1 Å². The summed E-state index contributed by atoms with van der Waals surface area (Å²) in [7, 11) is 1.62. The number of rotatable bonds is 5. The minimum Gasteiger partial charge on any atom is -0.493 e. The Kier molecular flexibility index (Phi) is 5.59. The molecule has 0 fully saturated rings. The van der Waals surface area contributed by atoms with Crippen LogP contribution in [-0.2, 0) is 16.8 Å². The molecular formula is C26H29N5O3. The number of ether oxygens (including phenoxy) is 2. The first-order chi connectivity index (χ1) is 16.3. The molecule has 0 spiro atoms. The van der Waals surface area contributed by atoms with E-state index >= 15 is 0 Å². The molecule has 1 unspecified atom stereocenters. The zero-order valence-electron chi connectivity index (χ0n) is 20.0. The first-order valence-corrected chi connectivity index (χ1v) is 11.6. The van der Waals surface area contributed by atoms with Crippen molar-refractivity contribution < 1.29 is 14.3 Å². The van der Waals surface area contributed by atoms with Crippen LogP contribution in [0.1, 0.15) is 62.8 Å². The van der Waals surface area contributed by atoms with E-state index in [-0.39, 0.29) is 11.2 Å². The summed E-state index contributed by atoms with van der Waals surface area (Å²) in [6.07, 6.45) is 2.16. The van der Waals surface area contributed by atoms with Gasteiger partial charge in [0.25, 0.3) is 0 Å². The molecule has 0 amide bonds. The summed E-state index contributed by atoms with van der Waals surface area (Å²) >= 11 is 0. The molecule has 8 nitrogen and oxygen atoms in total. The fraction of sp³-hybridized carbons (Fsp3) is 0.385. The lowest BCUT2D eigenvalue weighted by molar-refractivity contribution is -0.116. The number of methoxy groups -OCH3 is 1. The Hall–Kier alpha value is -3.68. The molecule has 3 aromatic rings. The van der Waals surface area contributed by atoms with Gasteiger partial charge in [0, 0.05) is 17.7 Å². The Morgan fingerprint density at radius 1 is 1.09 bits per heavy atom. The average Bonchev–Trinajstić information content (AvgIpc) is 3.29. The van der Waals surface area contributed by atoms with Crippen LogP contribution >= 0.6 is 0 Å². The van der Waals surface area contributed by atoms with Crippen LogP contribution in [0.15, 0.2) is 53.7 Å². The number of carbonyl (C=O) groups is 1. The number of hydrogen-bond donors (Lipinski definition) is 1. The van der Waals surface area contributed by atoms with Crippen molar-refractivity contribution in [1.29, 1.82) is 0 Å². The number of benzene rings is 2. The molecular weight excluding hydrogens is 430 g/mol. The molecule has 2 aliphatic rings. The van der Waals surface area contributed by atoms with Crippen LogP contribution in [0.2, 0.25) is 0 Å². The SMILES string of the molecule is COc1cc(C2C3=C(CCCC3=O)Nc3nnnn32)ccc1OCc1ccc(C(C)(C)C)cc1. The fourth-order valence-corrected chi connectivity index (χ4v) is 4.56. The molecule has 0 bridgehead atoms. The standard InChI is InChI=1S/C26H29N5O3/c1-26(2,3)18-11-8-16(9-12-18)15-34-21-13-10-17(14-22(21)33-4)24-23-19(6-5-7-20(23)32)27-25-28-29-30-31(24)25/h8-14,24H,5-7,15H2,1-4H3,(H,27,28,30). The minimum absolute atomic E-state index is 0.113. The zero-order chi connectivity index (χ0) is 23.9. The van der Waals surface area contributed by atoms with E-state index in [1.54, 1.807) is 11.8 Å². The van der Waals surface area contributed by atoms with E-state index in [9.17, 15) is 4.79 Å². The van der Waals surface area contributed by atoms with Crippen molar-refractivity contribution in [2.75, 3.05) is 12.4 Å². The fourth-order valence-electron chi connectivity index (χ4n) is 4.56. The monoisotopic (exact) mass is 459 g/mol. The topological polar surface area (TPSA) is 91.2 Å². The molecule has 1 N–H and O–H groups in total. The summed E-state index contributed by atoms with van der Waals surface area (Å²) in [5.74, 6) is 1.90. The number of allylic oxidation sites excluding steroid dienone is 2. The Labute approximate surface area is 199 Å². The third-order valence-corrected chi connectivity index (χ3v) is 6.45. The highest BCUT2D eigenvalue weighted by Gasteiger charge is 2.37. The van der Waals surface area contributed by atoms with E-state index in [0.717, 1.165) is 35.2 Å². The van der Waals surface area contributed by atoms with E-state index in [1.165, 1.54) is 5.56 Å². The Balaban J connectivity index is 1.42. The molecule has 1 aromatic heterocycles. The first-order valence-electron chi connectivity index (χ1n) is 11.6. The van der Waals surface area contributed by atoms with Gasteiger partial charge in [0.15, 0.2) is 17.3 Å². The lowest BCUT2D eigenvalue weighted by atomic mass is 9.85. The lowest BCUT2D eigenvalue weighted by Gasteiger charge is -2.31. The van der Waals surface area contributed by atoms with Gasteiger partial charge in [-0.05, 0) is 57.5 Å². The van der Waals surface area contributed by atoms with Crippen molar-refractivity contribution in [3.05, 3.63) is 70.4 Å². The second-order valence-electron chi connectivity index (χ2n) is 9.79. The molecule has 0 radical (unpaired) electrons. The number of hydrogen-bond acceptors (Lipinski definition) is 7. The maximum absolute atomic E-state index is 12.9. The van der Waals surface area contributed by atoms with Gasteiger partial charge in [0.1, 0.15) is 12.6 Å². The number of ketones is 1. The van der Waals surface area contributed by atoms with Gasteiger partial charge in [-0.25, -0.2) is 0 Å². The molecule has 2 heterocycles. The number of nitrogens with zero attached hydrogens (tertiary/aromatic N) is 4. The molecule has 34 heavy (non-hydrogen) atoms. The molecule has 0 saturated heterocycles. The number of nitrogens with one attached hydrogen (secondary N) is 1. The minimum atomic E-state index is -0.401. The van der Waals surface area contributed by atoms with Gasteiger partial charge in [-0.1, -0.05) is 56.2 Å². The summed E-state index contributed by atoms with van der Waals surface area (Å²) in [6, 6.07) is 13.8. The first kappa shape index (κ1) is 22.1. The van der Waals surface area contributed by atoms with Crippen molar-refractivity contribution in [3.63, 3.8) is 0 Å². The molecule has 176 valence electrons. The number of aromatic nitrogens is 4. The molecule has 1 atom stereocenters. The van der Waals surface area contributed by atoms with Gasteiger partial charge in [-0.3, -0.25) is 4.79 Å². The highest BCUT2D eigenvalue weighted by molar-refractivity contribution is 5.99. The maximum Gasteiger partial charge on any atom is 0.248 e. The maximum atomic E-state index is 12.9. The van der Waals surface area contributed by atoms with Crippen LogP contribution in [0, 0.1) is 0 Å². The Morgan fingerprint density at radius 2 is 1.88 bits per heavy atom. The van der Waals surface area contributed by atoms with Crippen LogP contribution < -0.4 is 14.8 Å². The summed E-state index contributed by atoms with van der Waals surface area (Å²) in [4.78, 5) is 12.9. The number of carbonyl (C=O) groups excluding carboxylic acids is 1. The number of fused-ring (bicyclic) bond motifs is 1. The van der Waals surface area contributed by atoms with Crippen molar-refractivity contribution in [1.82, 2.24) is 20.2 Å². The van der Waals surface area contributed by atoms with E-state index < -0.39 is 6.04 Å². The molecule has 0 saturated carbocycles. The van der Waals surface area contributed by atoms with Crippen molar-refractivity contribution >= 4 is 11.7 Å². The van der Waals surface area contributed by atoms with Crippen LogP contribution in [0.4, 0.5) is 5.95 Å². The zero-order valence-corrected chi connectivity index (χ0v) is 20.0. The molecule has 5 rings (SSSR count). The van der Waals surface area contributed by atoms with Crippen LogP contribution in [-0.4, -0.2) is 33.1 Å². The largest absolute Gasteiger partial charge is 0.493 e. The number of anilines is 1. The smallest absolute Gasteiger partial charge is 0.248 e. The molecule has 8 heteroatoms. The van der Waals surface area contributed by atoms with Gasteiger partial charge >= 0.3 is 0 Å². The van der Waals surface area contributed by atoms with Gasteiger partial charge in [0.2, 0.25) is 5.95 Å². The van der Waals surface area contributed by atoms with Gasteiger partial charge in [0.05, 0.1) is 7.11 Å². The van der Waals surface area contributed by atoms with Crippen molar-refractivity contribution in [3.8, 4) is 11.5 Å². The second kappa shape index (κ2) is 8.59. The normalized spacial score (nSPS) is 17.6. The predicted octanol–water partition coefficient (Wildman–Crippen LogP) is 4.58. The number of Topliss-reactive ketones (excluding diaryl/α,β-unsaturated/α-hetero) is 1. The molecule has 2 aromatic carbocycles. The van der Waals surface area contributed by atoms with E-state index in [0.29, 0.717) is 30.5 Å². The summed E-state index contributed by atoms with van der Waals surface area (Å²) in [6.45, 7) is 7.03. The summed E-state index contributed by atoms with van der Waals surface area (Å²) < 4.78 is 13.4. The van der Waals surface area contributed by atoms with E-state index in [4.69, 9.17) is 9.47 Å². The summed E-state index contributed by atoms with van der Waals surface area (Å²) in [5, 5.41) is 15.3. The van der Waals surface area contributed by atoms with Crippen LogP contribution in [0.5, 0.6) is 11.5 Å². The van der Waals surface area contributed by atoms with Gasteiger partial charge in [-0.15, -0.1) is 0 Å². The second-order valence-corrected chi connectivity index (χ2v) is 9.79. The third-order valence-electron chi connectivity index (χ3n) is 6.45. The predicted molar refractivity (Wildman–Crippen MR) is 128 cm³/mol. The Morgan fingerprint density at radius 3 is 2.62 bits per heavy atom. The average molecular weight is 460 g/mol.